The van der Waals surface area contributed by atoms with Gasteiger partial charge in [-0.3, -0.25) is 0 Å². The highest BCUT2D eigenvalue weighted by Gasteiger charge is 2.23. The molecular weight excluding hydrogens is 340 g/mol. The summed E-state index contributed by atoms with van der Waals surface area (Å²) >= 11 is 0. The number of unbranched alkanes of at least 4 members (excludes halogenated alkanes) is 2. The van der Waals surface area contributed by atoms with Crippen LogP contribution in [0.4, 0.5) is 0 Å². The molecule has 2 unspecified atom stereocenters. The summed E-state index contributed by atoms with van der Waals surface area (Å²) in [7, 11) is 1.00. The Labute approximate surface area is 180 Å². The van der Waals surface area contributed by atoms with Crippen LogP contribution in [-0.2, 0) is 0 Å². The van der Waals surface area contributed by atoms with Gasteiger partial charge in [-0.1, -0.05) is 110 Å². The van der Waals surface area contributed by atoms with Crippen LogP contribution in [0.5, 0.6) is 0 Å². The summed E-state index contributed by atoms with van der Waals surface area (Å²) in [6.07, 6.45) is 22.7. The van der Waals surface area contributed by atoms with Crippen molar-refractivity contribution in [3.63, 3.8) is 0 Å². The van der Waals surface area contributed by atoms with Crippen molar-refractivity contribution in [2.24, 2.45) is 17.8 Å². The van der Waals surface area contributed by atoms with Gasteiger partial charge in [-0.25, -0.2) is 0 Å². The fourth-order valence-corrected chi connectivity index (χ4v) is 3.96. The summed E-state index contributed by atoms with van der Waals surface area (Å²) < 4.78 is 0. The highest BCUT2D eigenvalue weighted by molar-refractivity contribution is 4.99. The minimum atomic E-state index is 0.781. The molecule has 0 spiro atoms. The molecule has 28 heavy (non-hydrogen) atoms. The Bertz CT molecular complexity index is 323. The predicted octanol–water partition coefficient (Wildman–Crippen LogP) is 9.36. The van der Waals surface area contributed by atoms with E-state index in [2.05, 4.69) is 45.9 Å². The van der Waals surface area contributed by atoms with E-state index in [9.17, 15) is 0 Å². The molecule has 0 radical (unpaired) electrons. The predicted molar refractivity (Wildman–Crippen MR) is 132 cm³/mol. The van der Waals surface area contributed by atoms with Crippen LogP contribution in [0.1, 0.15) is 126 Å². The first-order chi connectivity index (χ1) is 13.7. The number of hydrogen-bond donors (Lipinski definition) is 1. The molecule has 1 heteroatoms. The summed E-state index contributed by atoms with van der Waals surface area (Å²) in [6.45, 7) is 17.1. The van der Waals surface area contributed by atoms with E-state index in [0.29, 0.717) is 0 Å². The fraction of sp³-hybridized carbons (Fsp3) is 0.852. The van der Waals surface area contributed by atoms with Gasteiger partial charge in [-0.2, -0.15) is 0 Å². The maximum Gasteiger partial charge on any atom is 0.0319 e. The molecule has 1 N–H and O–H groups in total. The Balaban J connectivity index is -0.000000946. The van der Waals surface area contributed by atoms with Gasteiger partial charge in [0.25, 0.3) is 0 Å². The Morgan fingerprint density at radius 1 is 0.929 bits per heavy atom. The van der Waals surface area contributed by atoms with Crippen LogP contribution in [0.3, 0.4) is 0 Å². The van der Waals surface area contributed by atoms with Crippen molar-refractivity contribution >= 4 is 0 Å². The van der Waals surface area contributed by atoms with Crippen LogP contribution < -0.4 is 0 Å². The Kier molecular flexibility index (Phi) is 30.3. The third kappa shape index (κ3) is 17.5. The normalized spacial score (nSPS) is 16.3. The van der Waals surface area contributed by atoms with Crippen molar-refractivity contribution in [3.05, 3.63) is 23.8 Å². The molecule has 170 valence electrons. The molecule has 1 nitrogen and oxygen atoms in total. The van der Waals surface area contributed by atoms with Crippen LogP contribution in [0.15, 0.2) is 23.8 Å². The van der Waals surface area contributed by atoms with Crippen LogP contribution in [0.25, 0.3) is 0 Å². The molecule has 1 aliphatic carbocycles. The fourth-order valence-electron chi connectivity index (χ4n) is 3.96. The van der Waals surface area contributed by atoms with Crippen LogP contribution in [0, 0.1) is 17.8 Å². The van der Waals surface area contributed by atoms with Crippen molar-refractivity contribution in [2.75, 3.05) is 7.11 Å². The van der Waals surface area contributed by atoms with Gasteiger partial charge in [0.2, 0.25) is 0 Å². The van der Waals surface area contributed by atoms with Gasteiger partial charge >= 0.3 is 0 Å². The van der Waals surface area contributed by atoms with Gasteiger partial charge in [0.1, 0.15) is 0 Å². The molecule has 0 saturated heterocycles. The zero-order valence-corrected chi connectivity index (χ0v) is 21.2. The largest absolute Gasteiger partial charge is 0.400 e. The number of hydrogen-bond acceptors (Lipinski definition) is 1. The third-order valence-corrected chi connectivity index (χ3v) is 5.85. The number of aliphatic hydroxyl groups is 1. The summed E-state index contributed by atoms with van der Waals surface area (Å²) in [5.41, 5.74) is 1.56. The van der Waals surface area contributed by atoms with Crippen LogP contribution >= 0.6 is 0 Å². The van der Waals surface area contributed by atoms with E-state index < -0.39 is 0 Å². The summed E-state index contributed by atoms with van der Waals surface area (Å²) in [4.78, 5) is 0. The topological polar surface area (TPSA) is 20.2 Å². The highest BCUT2D eigenvalue weighted by atomic mass is 16.2. The lowest BCUT2D eigenvalue weighted by Crippen LogP contribution is -2.11. The SMILES string of the molecule is C/C=C(/C)C(C)CCCCCC(C/C=C\CC)C1CCCC1.CC.CC.CO. The Morgan fingerprint density at radius 2 is 1.46 bits per heavy atom. The lowest BCUT2D eigenvalue weighted by molar-refractivity contribution is 0.309. The molecular formula is C27H56O. The molecule has 1 rings (SSSR count). The average molecular weight is 397 g/mol. The average Bonchev–Trinajstić information content (AvgIpc) is 3.30. The summed E-state index contributed by atoms with van der Waals surface area (Å²) in [5.74, 6) is 2.79. The molecule has 0 heterocycles. The first-order valence-electron chi connectivity index (χ1n) is 12.4. The quantitative estimate of drug-likeness (QED) is 0.272. The number of allylic oxidation sites excluding steroid dienone is 4. The first-order valence-corrected chi connectivity index (χ1v) is 12.4. The molecule has 0 amide bonds. The molecule has 0 aromatic rings. The smallest absolute Gasteiger partial charge is 0.0319 e. The van der Waals surface area contributed by atoms with E-state index in [0.717, 1.165) is 24.9 Å². The summed E-state index contributed by atoms with van der Waals surface area (Å²) in [6, 6.07) is 0. The lowest BCUT2D eigenvalue weighted by Gasteiger charge is -2.22. The van der Waals surface area contributed by atoms with Gasteiger partial charge in [-0.05, 0) is 57.3 Å². The van der Waals surface area contributed by atoms with Crippen molar-refractivity contribution in [1.82, 2.24) is 0 Å². The third-order valence-electron chi connectivity index (χ3n) is 5.85. The van der Waals surface area contributed by atoms with Crippen LogP contribution in [0.2, 0.25) is 0 Å². The van der Waals surface area contributed by atoms with Crippen molar-refractivity contribution in [1.29, 1.82) is 0 Å². The van der Waals surface area contributed by atoms with Crippen molar-refractivity contribution in [2.45, 2.75) is 126 Å². The Hall–Kier alpha value is -0.560. The zero-order valence-electron chi connectivity index (χ0n) is 21.2. The zero-order chi connectivity index (χ0) is 22.2. The van der Waals surface area contributed by atoms with Gasteiger partial charge in [0.15, 0.2) is 0 Å². The van der Waals surface area contributed by atoms with E-state index in [-0.39, 0.29) is 0 Å². The monoisotopic (exact) mass is 396 g/mol. The van der Waals surface area contributed by atoms with Gasteiger partial charge < -0.3 is 5.11 Å². The standard InChI is InChI=1S/C22H40.2C2H6.CH4O/c1-5-7-9-15-21(22-17-12-13-18-22)16-11-8-10-14-20(4)19(3)6-2;3*1-2/h6-7,9,20-22H,5,8,10-18H2,1-4H3;2*1-2H3;2H,1H3/b9-7-,19-6-;;;. The van der Waals surface area contributed by atoms with Gasteiger partial charge in [0, 0.05) is 7.11 Å². The number of aliphatic hydroxyl groups excluding tert-OH is 1. The Morgan fingerprint density at radius 3 is 1.96 bits per heavy atom. The maximum atomic E-state index is 7.00. The van der Waals surface area contributed by atoms with Gasteiger partial charge in [0.05, 0.1) is 0 Å². The number of rotatable bonds is 11. The highest BCUT2D eigenvalue weighted by Crippen LogP contribution is 2.36. The lowest BCUT2D eigenvalue weighted by atomic mass is 9.83. The molecule has 0 aromatic heterocycles. The minimum Gasteiger partial charge on any atom is -0.400 e. The molecule has 0 bridgehead atoms. The van der Waals surface area contributed by atoms with Crippen molar-refractivity contribution in [3.8, 4) is 0 Å². The molecule has 1 aliphatic rings. The maximum absolute atomic E-state index is 7.00. The second-order valence-electron chi connectivity index (χ2n) is 7.49. The molecule has 1 saturated carbocycles. The van der Waals surface area contributed by atoms with Crippen LogP contribution in [-0.4, -0.2) is 12.2 Å². The van der Waals surface area contributed by atoms with E-state index in [1.165, 1.54) is 70.6 Å². The van der Waals surface area contributed by atoms with E-state index in [1.54, 1.807) is 5.57 Å². The minimum absolute atomic E-state index is 0.781. The molecule has 0 aliphatic heterocycles. The van der Waals surface area contributed by atoms with Gasteiger partial charge in [-0.15, -0.1) is 0 Å². The second kappa shape index (κ2) is 26.4. The van der Waals surface area contributed by atoms with E-state index in [4.69, 9.17) is 5.11 Å². The van der Waals surface area contributed by atoms with E-state index in [1.807, 2.05) is 27.7 Å². The first kappa shape index (κ1) is 32.1. The molecule has 1 fully saturated rings. The second-order valence-corrected chi connectivity index (χ2v) is 7.49. The molecule has 0 aromatic carbocycles. The van der Waals surface area contributed by atoms with E-state index >= 15 is 0 Å². The molecule has 2 atom stereocenters. The van der Waals surface area contributed by atoms with Crippen molar-refractivity contribution < 1.29 is 5.11 Å². The summed E-state index contributed by atoms with van der Waals surface area (Å²) in [5, 5.41) is 7.00.